The van der Waals surface area contributed by atoms with Crippen LogP contribution in [0, 0.1) is 23.0 Å². The quantitative estimate of drug-likeness (QED) is 0.928. The lowest BCUT2D eigenvalue weighted by molar-refractivity contribution is 0.386. The fraction of sp³-hybridized carbons (Fsp3) is 0.133. The molecule has 5 heteroatoms. The van der Waals surface area contributed by atoms with E-state index in [1.165, 1.54) is 37.4 Å². The molecule has 0 atom stereocenters. The zero-order valence-corrected chi connectivity index (χ0v) is 10.8. The Kier molecular flexibility index (Phi) is 4.16. The van der Waals surface area contributed by atoms with Crippen LogP contribution in [0.15, 0.2) is 36.4 Å². The molecule has 0 aliphatic carbocycles. The minimum absolute atomic E-state index is 0.0316. The van der Waals surface area contributed by atoms with Crippen molar-refractivity contribution >= 4 is 5.69 Å². The van der Waals surface area contributed by atoms with E-state index in [2.05, 4.69) is 5.32 Å². The second kappa shape index (κ2) is 6.02. The Bertz CT molecular complexity index is 665. The highest BCUT2D eigenvalue weighted by Gasteiger charge is 2.05. The molecule has 0 aliphatic rings. The molecule has 0 fully saturated rings. The number of nitriles is 1. The fourth-order valence-electron chi connectivity index (χ4n) is 1.74. The summed E-state index contributed by atoms with van der Waals surface area (Å²) < 4.78 is 31.5. The highest BCUT2D eigenvalue weighted by molar-refractivity contribution is 5.50. The normalized spacial score (nSPS) is 9.90. The van der Waals surface area contributed by atoms with Crippen LogP contribution in [-0.2, 0) is 6.54 Å². The molecular weight excluding hydrogens is 262 g/mol. The minimum Gasteiger partial charge on any atom is -0.494 e. The van der Waals surface area contributed by atoms with Crippen molar-refractivity contribution in [3.8, 4) is 11.8 Å². The van der Waals surface area contributed by atoms with E-state index in [9.17, 15) is 8.78 Å². The topological polar surface area (TPSA) is 45.0 Å². The van der Waals surface area contributed by atoms with E-state index in [1.807, 2.05) is 0 Å². The van der Waals surface area contributed by atoms with Gasteiger partial charge in [-0.05, 0) is 35.9 Å². The molecule has 20 heavy (non-hydrogen) atoms. The predicted octanol–water partition coefficient (Wildman–Crippen LogP) is 3.46. The molecule has 0 aromatic heterocycles. The maximum Gasteiger partial charge on any atom is 0.165 e. The lowest BCUT2D eigenvalue weighted by Gasteiger charge is -2.08. The molecule has 0 unspecified atom stereocenters. The Morgan fingerprint density at radius 3 is 2.60 bits per heavy atom. The largest absolute Gasteiger partial charge is 0.494 e. The molecule has 2 aromatic carbocycles. The van der Waals surface area contributed by atoms with Crippen LogP contribution in [0.25, 0.3) is 0 Å². The van der Waals surface area contributed by atoms with Crippen LogP contribution in [0.3, 0.4) is 0 Å². The van der Waals surface area contributed by atoms with E-state index in [4.69, 9.17) is 10.00 Å². The van der Waals surface area contributed by atoms with E-state index in [-0.39, 0.29) is 11.3 Å². The number of rotatable bonds is 4. The molecule has 2 rings (SSSR count). The molecule has 3 nitrogen and oxygen atoms in total. The first kappa shape index (κ1) is 13.8. The maximum absolute atomic E-state index is 13.5. The maximum atomic E-state index is 13.5. The predicted molar refractivity (Wildman–Crippen MR) is 71.4 cm³/mol. The Morgan fingerprint density at radius 2 is 1.95 bits per heavy atom. The zero-order valence-electron chi connectivity index (χ0n) is 10.8. The minimum atomic E-state index is -0.562. The third-order valence-corrected chi connectivity index (χ3v) is 2.80. The lowest BCUT2D eigenvalue weighted by atomic mass is 10.1. The molecule has 0 bridgehead atoms. The summed E-state index contributed by atoms with van der Waals surface area (Å²) in [6.45, 7) is 0.359. The van der Waals surface area contributed by atoms with Gasteiger partial charge in [-0.2, -0.15) is 5.26 Å². The summed E-state index contributed by atoms with van der Waals surface area (Å²) in [6.07, 6.45) is 0. The van der Waals surface area contributed by atoms with Gasteiger partial charge in [0.15, 0.2) is 11.6 Å². The molecular formula is C15H12F2N2O. The van der Waals surface area contributed by atoms with E-state index >= 15 is 0 Å². The van der Waals surface area contributed by atoms with E-state index < -0.39 is 11.6 Å². The molecule has 0 aliphatic heterocycles. The fourth-order valence-corrected chi connectivity index (χ4v) is 1.74. The lowest BCUT2D eigenvalue weighted by Crippen LogP contribution is -2.01. The van der Waals surface area contributed by atoms with E-state index in [1.54, 1.807) is 12.1 Å². The van der Waals surface area contributed by atoms with Crippen molar-refractivity contribution < 1.29 is 13.5 Å². The van der Waals surface area contributed by atoms with Crippen LogP contribution in [-0.4, -0.2) is 7.11 Å². The average molecular weight is 274 g/mol. The number of methoxy groups -OCH3 is 1. The standard InChI is InChI=1S/C15H12F2N2O/c1-20-15-5-2-10(6-14(15)17)9-19-12-3-4-13(16)11(7-12)8-18/h2-7,19H,9H2,1H3. The van der Waals surface area contributed by atoms with Crippen molar-refractivity contribution in [1.82, 2.24) is 0 Å². The monoisotopic (exact) mass is 274 g/mol. The van der Waals surface area contributed by atoms with Gasteiger partial charge in [-0.25, -0.2) is 8.78 Å². The van der Waals surface area contributed by atoms with Crippen LogP contribution < -0.4 is 10.1 Å². The van der Waals surface area contributed by atoms with Crippen molar-refractivity contribution in [2.45, 2.75) is 6.54 Å². The SMILES string of the molecule is COc1ccc(CNc2ccc(F)c(C#N)c2)cc1F. The summed E-state index contributed by atoms with van der Waals surface area (Å²) in [5.74, 6) is -0.820. The van der Waals surface area contributed by atoms with E-state index in [0.29, 0.717) is 17.8 Å². The average Bonchev–Trinajstić information content (AvgIpc) is 2.46. The van der Waals surface area contributed by atoms with Crippen molar-refractivity contribution in [3.63, 3.8) is 0 Å². The number of nitrogens with one attached hydrogen (secondary N) is 1. The van der Waals surface area contributed by atoms with Gasteiger partial charge < -0.3 is 10.1 Å². The first-order valence-electron chi connectivity index (χ1n) is 5.90. The second-order valence-electron chi connectivity index (χ2n) is 4.13. The van der Waals surface area contributed by atoms with Gasteiger partial charge in [-0.15, -0.1) is 0 Å². The highest BCUT2D eigenvalue weighted by atomic mass is 19.1. The first-order valence-corrected chi connectivity index (χ1v) is 5.90. The third kappa shape index (κ3) is 3.04. The van der Waals surface area contributed by atoms with Gasteiger partial charge in [-0.1, -0.05) is 6.07 Å². The van der Waals surface area contributed by atoms with Crippen molar-refractivity contribution in [2.75, 3.05) is 12.4 Å². The molecule has 0 amide bonds. The number of halogens is 2. The number of anilines is 1. The zero-order chi connectivity index (χ0) is 14.5. The number of nitrogens with zero attached hydrogens (tertiary/aromatic N) is 1. The second-order valence-corrected chi connectivity index (χ2v) is 4.13. The van der Waals surface area contributed by atoms with Crippen LogP contribution in [0.5, 0.6) is 5.75 Å². The summed E-state index contributed by atoms with van der Waals surface area (Å²) in [7, 11) is 1.40. The van der Waals surface area contributed by atoms with Crippen LogP contribution in [0.2, 0.25) is 0 Å². The molecule has 0 heterocycles. The smallest absolute Gasteiger partial charge is 0.165 e. The van der Waals surface area contributed by atoms with Crippen LogP contribution in [0.1, 0.15) is 11.1 Å². The molecule has 0 radical (unpaired) electrons. The molecule has 1 N–H and O–H groups in total. The number of benzene rings is 2. The molecule has 2 aromatic rings. The Balaban J connectivity index is 2.09. The Hall–Kier alpha value is -2.61. The van der Waals surface area contributed by atoms with E-state index in [0.717, 1.165) is 0 Å². The van der Waals surface area contributed by atoms with Gasteiger partial charge in [-0.3, -0.25) is 0 Å². The summed E-state index contributed by atoms with van der Waals surface area (Å²) in [6, 6.07) is 10.5. The Morgan fingerprint density at radius 1 is 1.15 bits per heavy atom. The molecule has 0 spiro atoms. The first-order chi connectivity index (χ1) is 9.63. The molecule has 0 saturated carbocycles. The molecule has 102 valence electrons. The van der Waals surface area contributed by atoms with Crippen LogP contribution in [0.4, 0.5) is 14.5 Å². The van der Waals surface area contributed by atoms with Crippen LogP contribution >= 0.6 is 0 Å². The highest BCUT2D eigenvalue weighted by Crippen LogP contribution is 2.19. The number of ether oxygens (including phenoxy) is 1. The summed E-state index contributed by atoms with van der Waals surface area (Å²) in [5, 5.41) is 11.7. The van der Waals surface area contributed by atoms with Gasteiger partial charge in [0.1, 0.15) is 11.9 Å². The van der Waals surface area contributed by atoms with Crippen molar-refractivity contribution in [1.29, 1.82) is 5.26 Å². The number of hydrogen-bond acceptors (Lipinski definition) is 3. The van der Waals surface area contributed by atoms with Gasteiger partial charge in [0.2, 0.25) is 0 Å². The van der Waals surface area contributed by atoms with Crippen molar-refractivity contribution in [3.05, 3.63) is 59.2 Å². The Labute approximate surface area is 115 Å². The van der Waals surface area contributed by atoms with Gasteiger partial charge >= 0.3 is 0 Å². The number of hydrogen-bond donors (Lipinski definition) is 1. The third-order valence-electron chi connectivity index (χ3n) is 2.80. The van der Waals surface area contributed by atoms with Crippen molar-refractivity contribution in [2.24, 2.45) is 0 Å². The summed E-state index contributed by atoms with van der Waals surface area (Å²) >= 11 is 0. The molecule has 0 saturated heterocycles. The van der Waals surface area contributed by atoms with Gasteiger partial charge in [0.05, 0.1) is 12.7 Å². The summed E-state index contributed by atoms with van der Waals surface area (Å²) in [5.41, 5.74) is 1.28. The van der Waals surface area contributed by atoms with Gasteiger partial charge in [0.25, 0.3) is 0 Å². The summed E-state index contributed by atoms with van der Waals surface area (Å²) in [4.78, 5) is 0. The van der Waals surface area contributed by atoms with Gasteiger partial charge in [0, 0.05) is 12.2 Å².